The molecule has 0 bridgehead atoms. The molecule has 2 amide bonds. The van der Waals surface area contributed by atoms with E-state index in [0.29, 0.717) is 34.5 Å². The Labute approximate surface area is 183 Å². The van der Waals surface area contributed by atoms with Crippen LogP contribution < -0.4 is 10.6 Å². The number of amides is 2. The number of hydrogen-bond donors (Lipinski definition) is 3. The van der Waals surface area contributed by atoms with Crippen LogP contribution in [0.25, 0.3) is 27.6 Å². The van der Waals surface area contributed by atoms with Gasteiger partial charge in [-0.15, -0.1) is 0 Å². The van der Waals surface area contributed by atoms with Crippen LogP contribution in [0.15, 0.2) is 42.7 Å². The third-order valence-electron chi connectivity index (χ3n) is 5.85. The predicted octanol–water partition coefficient (Wildman–Crippen LogP) is 3.06. The van der Waals surface area contributed by atoms with Crippen LogP contribution >= 0.6 is 0 Å². The van der Waals surface area contributed by atoms with Gasteiger partial charge in [0.15, 0.2) is 0 Å². The van der Waals surface area contributed by atoms with Crippen molar-refractivity contribution < 1.29 is 14.0 Å². The zero-order valence-electron chi connectivity index (χ0n) is 17.8. The molecule has 1 aromatic carbocycles. The third-order valence-corrected chi connectivity index (χ3v) is 5.85. The molecule has 0 atom stereocenters. The SMILES string of the molecule is Cc1nn2ccc(CNCCF)cc2c1C1=C(c2c[nH]c3c(C)cccc23)C(=O)NC1=O. The maximum absolute atomic E-state index is 13.0. The topological polar surface area (TPSA) is 91.3 Å². The quantitative estimate of drug-likeness (QED) is 0.323. The van der Waals surface area contributed by atoms with Gasteiger partial charge < -0.3 is 10.3 Å². The van der Waals surface area contributed by atoms with E-state index in [2.05, 4.69) is 20.7 Å². The number of hydrogen-bond acceptors (Lipinski definition) is 4. The molecule has 0 spiro atoms. The van der Waals surface area contributed by atoms with Crippen LogP contribution in [0.5, 0.6) is 0 Å². The van der Waals surface area contributed by atoms with E-state index in [1.165, 1.54) is 0 Å². The Hall–Kier alpha value is -3.78. The number of aryl methyl sites for hydroxylation is 2. The third kappa shape index (κ3) is 3.11. The number of benzene rings is 1. The fourth-order valence-corrected chi connectivity index (χ4v) is 4.39. The minimum atomic E-state index is -0.443. The molecular formula is C24H22FN5O2. The van der Waals surface area contributed by atoms with E-state index in [1.807, 2.05) is 50.4 Å². The van der Waals surface area contributed by atoms with Crippen LogP contribution in [-0.4, -0.2) is 39.6 Å². The summed E-state index contributed by atoms with van der Waals surface area (Å²) < 4.78 is 14.2. The number of halogens is 1. The number of nitrogens with zero attached hydrogens (tertiary/aromatic N) is 2. The Morgan fingerprint density at radius 1 is 1.12 bits per heavy atom. The van der Waals surface area contributed by atoms with Crippen LogP contribution in [0.1, 0.15) is 27.9 Å². The van der Waals surface area contributed by atoms with Crippen molar-refractivity contribution >= 4 is 39.4 Å². The summed E-state index contributed by atoms with van der Waals surface area (Å²) in [6, 6.07) is 9.67. The van der Waals surface area contributed by atoms with Gasteiger partial charge in [-0.05, 0) is 37.1 Å². The number of para-hydroxylation sites is 1. The fourth-order valence-electron chi connectivity index (χ4n) is 4.39. The van der Waals surface area contributed by atoms with Crippen LogP contribution in [0.2, 0.25) is 0 Å². The van der Waals surface area contributed by atoms with Gasteiger partial charge in [0.2, 0.25) is 0 Å². The van der Waals surface area contributed by atoms with Gasteiger partial charge in [-0.25, -0.2) is 8.91 Å². The molecule has 32 heavy (non-hydrogen) atoms. The number of fused-ring (bicyclic) bond motifs is 2. The van der Waals surface area contributed by atoms with Crippen LogP contribution in [0.4, 0.5) is 4.39 Å². The Kier molecular flexibility index (Phi) is 4.86. The highest BCUT2D eigenvalue weighted by molar-refractivity contribution is 6.50. The molecule has 0 saturated carbocycles. The second kappa shape index (κ2) is 7.72. The molecule has 0 aliphatic carbocycles. The first kappa shape index (κ1) is 20.1. The summed E-state index contributed by atoms with van der Waals surface area (Å²) in [5.41, 5.74) is 6.24. The summed E-state index contributed by atoms with van der Waals surface area (Å²) in [6.45, 7) is 4.13. The number of imide groups is 1. The number of carbonyl (C=O) groups is 2. The number of pyridine rings is 1. The summed E-state index contributed by atoms with van der Waals surface area (Å²) in [6.07, 6.45) is 3.58. The summed E-state index contributed by atoms with van der Waals surface area (Å²) in [5, 5.41) is 10.9. The van der Waals surface area contributed by atoms with Crippen molar-refractivity contribution in [2.24, 2.45) is 0 Å². The lowest BCUT2D eigenvalue weighted by Gasteiger charge is -2.06. The van der Waals surface area contributed by atoms with Gasteiger partial charge >= 0.3 is 0 Å². The Morgan fingerprint density at radius 2 is 1.94 bits per heavy atom. The highest BCUT2D eigenvalue weighted by Crippen LogP contribution is 2.38. The molecule has 0 saturated heterocycles. The van der Waals surface area contributed by atoms with Gasteiger partial charge in [-0.2, -0.15) is 5.10 Å². The molecule has 4 aromatic rings. The average Bonchev–Trinajstić information content (AvgIpc) is 3.41. The van der Waals surface area contributed by atoms with Crippen molar-refractivity contribution in [2.75, 3.05) is 13.2 Å². The van der Waals surface area contributed by atoms with Gasteiger partial charge in [0.1, 0.15) is 6.67 Å². The van der Waals surface area contributed by atoms with E-state index in [9.17, 15) is 14.0 Å². The van der Waals surface area contributed by atoms with Gasteiger partial charge in [-0.1, -0.05) is 18.2 Å². The maximum Gasteiger partial charge on any atom is 0.259 e. The van der Waals surface area contributed by atoms with Crippen molar-refractivity contribution in [2.45, 2.75) is 20.4 Å². The largest absolute Gasteiger partial charge is 0.360 e. The van der Waals surface area contributed by atoms with E-state index in [0.717, 1.165) is 27.5 Å². The summed E-state index contributed by atoms with van der Waals surface area (Å²) in [7, 11) is 0. The van der Waals surface area contributed by atoms with Crippen molar-refractivity contribution in [3.63, 3.8) is 0 Å². The maximum atomic E-state index is 13.0. The van der Waals surface area contributed by atoms with E-state index in [-0.39, 0.29) is 6.54 Å². The van der Waals surface area contributed by atoms with E-state index >= 15 is 0 Å². The molecule has 1 aliphatic rings. The molecule has 0 radical (unpaired) electrons. The first-order chi connectivity index (χ1) is 15.5. The van der Waals surface area contributed by atoms with Gasteiger partial charge in [0, 0.05) is 47.5 Å². The molecule has 3 N–H and O–H groups in total. The number of nitrogens with one attached hydrogen (secondary N) is 3. The smallest absolute Gasteiger partial charge is 0.259 e. The van der Waals surface area contributed by atoms with E-state index in [1.54, 1.807) is 10.7 Å². The standard InChI is InChI=1S/C24H22FN5O2/c1-13-4-3-5-16-17(12-27-22(13)16)20-21(24(32)28-23(20)31)19-14(2)29-30-9-6-15(10-18(19)30)11-26-8-7-25/h3-6,9-10,12,26-27H,7-8,11H2,1-2H3,(H,28,31,32). The lowest BCUT2D eigenvalue weighted by Crippen LogP contribution is -2.22. The lowest BCUT2D eigenvalue weighted by atomic mass is 9.94. The van der Waals surface area contributed by atoms with Crippen molar-refractivity contribution in [3.8, 4) is 0 Å². The van der Waals surface area contributed by atoms with Gasteiger partial charge in [0.25, 0.3) is 11.8 Å². The second-order valence-corrected chi connectivity index (χ2v) is 7.92. The Balaban J connectivity index is 1.73. The van der Waals surface area contributed by atoms with Crippen LogP contribution in [0, 0.1) is 13.8 Å². The predicted molar refractivity (Wildman–Crippen MR) is 121 cm³/mol. The monoisotopic (exact) mass is 431 g/mol. The molecule has 8 heteroatoms. The molecule has 7 nitrogen and oxygen atoms in total. The minimum absolute atomic E-state index is 0.266. The highest BCUT2D eigenvalue weighted by Gasteiger charge is 2.36. The highest BCUT2D eigenvalue weighted by atomic mass is 19.1. The average molecular weight is 431 g/mol. The summed E-state index contributed by atoms with van der Waals surface area (Å²) in [4.78, 5) is 29.2. The molecule has 0 fully saturated rings. The summed E-state index contributed by atoms with van der Waals surface area (Å²) in [5.74, 6) is -0.863. The number of aromatic amines is 1. The second-order valence-electron chi connectivity index (χ2n) is 7.92. The van der Waals surface area contributed by atoms with Crippen molar-refractivity contribution in [1.82, 2.24) is 25.2 Å². The van der Waals surface area contributed by atoms with Gasteiger partial charge in [-0.3, -0.25) is 14.9 Å². The van der Waals surface area contributed by atoms with E-state index < -0.39 is 18.5 Å². The summed E-state index contributed by atoms with van der Waals surface area (Å²) >= 11 is 0. The fraction of sp³-hybridized carbons (Fsp3) is 0.208. The van der Waals surface area contributed by atoms with Crippen molar-refractivity contribution in [3.05, 3.63) is 70.7 Å². The normalized spacial score (nSPS) is 14.2. The zero-order chi connectivity index (χ0) is 22.4. The Morgan fingerprint density at radius 3 is 2.75 bits per heavy atom. The molecule has 5 rings (SSSR count). The van der Waals surface area contributed by atoms with Crippen LogP contribution in [0.3, 0.4) is 0 Å². The first-order valence-electron chi connectivity index (χ1n) is 10.4. The first-order valence-corrected chi connectivity index (χ1v) is 10.4. The van der Waals surface area contributed by atoms with Crippen LogP contribution in [-0.2, 0) is 16.1 Å². The van der Waals surface area contributed by atoms with E-state index in [4.69, 9.17) is 0 Å². The molecular weight excluding hydrogens is 409 g/mol. The molecule has 3 aromatic heterocycles. The number of H-pyrrole nitrogens is 1. The molecule has 0 unspecified atom stereocenters. The number of rotatable bonds is 6. The molecule has 1 aliphatic heterocycles. The van der Waals surface area contributed by atoms with Crippen molar-refractivity contribution in [1.29, 1.82) is 0 Å². The number of aromatic nitrogens is 3. The Bertz CT molecular complexity index is 1430. The minimum Gasteiger partial charge on any atom is -0.360 e. The number of carbonyl (C=O) groups excluding carboxylic acids is 2. The number of alkyl halides is 1. The molecule has 4 heterocycles. The lowest BCUT2D eigenvalue weighted by molar-refractivity contribution is -0.122. The van der Waals surface area contributed by atoms with Gasteiger partial charge in [0.05, 0.1) is 22.4 Å². The molecule has 162 valence electrons. The zero-order valence-corrected chi connectivity index (χ0v) is 17.8.